The van der Waals surface area contributed by atoms with Crippen LogP contribution in [0.25, 0.3) is 0 Å². The summed E-state index contributed by atoms with van der Waals surface area (Å²) in [6.07, 6.45) is 1.01. The molecule has 0 fully saturated rings. The maximum atomic E-state index is 12.5. The van der Waals surface area contributed by atoms with Gasteiger partial charge in [0.05, 0.1) is 10.5 Å². The highest BCUT2D eigenvalue weighted by Gasteiger charge is 2.21. The van der Waals surface area contributed by atoms with Gasteiger partial charge in [0, 0.05) is 11.9 Å². The van der Waals surface area contributed by atoms with E-state index in [0.717, 1.165) is 18.2 Å². The number of benzene rings is 2. The van der Waals surface area contributed by atoms with Gasteiger partial charge >= 0.3 is 5.97 Å². The number of sulfone groups is 1. The Bertz CT molecular complexity index is 951. The average molecular weight is 404 g/mol. The van der Waals surface area contributed by atoms with E-state index in [-0.39, 0.29) is 16.4 Å². The van der Waals surface area contributed by atoms with Crippen LogP contribution in [0, 0.1) is 0 Å². The van der Waals surface area contributed by atoms with Gasteiger partial charge in [-0.2, -0.15) is 0 Å². The lowest BCUT2D eigenvalue weighted by Gasteiger charge is -2.18. The van der Waals surface area contributed by atoms with E-state index in [4.69, 9.17) is 4.74 Å². The molecule has 0 unspecified atom stereocenters. The molecule has 0 aliphatic rings. The first-order valence-corrected chi connectivity index (χ1v) is 10.9. The summed E-state index contributed by atoms with van der Waals surface area (Å²) in [6, 6.07) is 12.9. The van der Waals surface area contributed by atoms with Crippen LogP contribution in [0.4, 0.5) is 5.69 Å². The normalized spacial score (nSPS) is 13.4. The molecule has 0 saturated carbocycles. The van der Waals surface area contributed by atoms with E-state index in [2.05, 4.69) is 19.2 Å². The quantitative estimate of drug-likeness (QED) is 0.711. The van der Waals surface area contributed by atoms with Gasteiger partial charge in [-0.3, -0.25) is 4.79 Å². The highest BCUT2D eigenvalue weighted by molar-refractivity contribution is 7.90. The van der Waals surface area contributed by atoms with Crippen LogP contribution >= 0.6 is 0 Å². The molecule has 0 saturated heterocycles. The molecule has 1 amide bonds. The Balaban J connectivity index is 2.05. The van der Waals surface area contributed by atoms with Gasteiger partial charge in [0.1, 0.15) is 0 Å². The second kappa shape index (κ2) is 9.01. The van der Waals surface area contributed by atoms with E-state index < -0.39 is 27.8 Å². The molecule has 2 rings (SSSR count). The minimum Gasteiger partial charge on any atom is -0.449 e. The number of esters is 1. The fraction of sp³-hybridized carbons (Fsp3) is 0.333. The van der Waals surface area contributed by atoms with Crippen LogP contribution in [-0.4, -0.2) is 32.7 Å². The van der Waals surface area contributed by atoms with Crippen molar-refractivity contribution in [3.63, 3.8) is 0 Å². The van der Waals surface area contributed by atoms with Gasteiger partial charge in [-0.15, -0.1) is 0 Å². The molecule has 0 heterocycles. The summed E-state index contributed by atoms with van der Waals surface area (Å²) in [7, 11) is -3.35. The number of rotatable bonds is 7. The van der Waals surface area contributed by atoms with Crippen molar-refractivity contribution in [2.45, 2.75) is 44.1 Å². The maximum absolute atomic E-state index is 12.5. The summed E-state index contributed by atoms with van der Waals surface area (Å²) in [4.78, 5) is 24.8. The van der Waals surface area contributed by atoms with Crippen molar-refractivity contribution < 1.29 is 22.7 Å². The van der Waals surface area contributed by atoms with Crippen molar-refractivity contribution >= 4 is 27.4 Å². The summed E-state index contributed by atoms with van der Waals surface area (Å²) < 4.78 is 28.2. The first-order valence-electron chi connectivity index (χ1n) is 9.04. The molecule has 150 valence electrons. The number of ether oxygens (including phenoxy) is 1. The predicted octanol–water partition coefficient (Wildman–Crippen LogP) is 3.79. The standard InChI is InChI=1S/C21H25NO5S/c1-5-14(2)18-8-6-7-9-19(18)22-20(23)15(3)27-21(24)16-10-12-17(13-11-16)28(4,25)26/h6-15H,5H2,1-4H3,(H,22,23)/t14-,15+/m1/s1. The first-order chi connectivity index (χ1) is 13.1. The number of nitrogens with one attached hydrogen (secondary N) is 1. The Morgan fingerprint density at radius 2 is 1.64 bits per heavy atom. The minimum absolute atomic E-state index is 0.108. The monoisotopic (exact) mass is 403 g/mol. The molecular formula is C21H25NO5S. The molecule has 0 aliphatic heterocycles. The van der Waals surface area contributed by atoms with E-state index in [1.54, 1.807) is 0 Å². The summed E-state index contributed by atoms with van der Waals surface area (Å²) in [5, 5.41) is 2.82. The molecule has 0 radical (unpaired) electrons. The number of amides is 1. The van der Waals surface area contributed by atoms with Crippen molar-refractivity contribution in [2.75, 3.05) is 11.6 Å². The molecule has 0 aliphatic carbocycles. The maximum Gasteiger partial charge on any atom is 0.338 e. The number of para-hydroxylation sites is 1. The van der Waals surface area contributed by atoms with Gasteiger partial charge in [0.15, 0.2) is 15.9 Å². The third-order valence-electron chi connectivity index (χ3n) is 4.53. The van der Waals surface area contributed by atoms with Crippen molar-refractivity contribution in [3.8, 4) is 0 Å². The second-order valence-electron chi connectivity index (χ2n) is 6.73. The van der Waals surface area contributed by atoms with E-state index in [1.807, 2.05) is 24.3 Å². The third-order valence-corrected chi connectivity index (χ3v) is 5.66. The van der Waals surface area contributed by atoms with Crippen molar-refractivity contribution in [2.24, 2.45) is 0 Å². The number of anilines is 1. The molecule has 2 aromatic carbocycles. The highest BCUT2D eigenvalue weighted by Crippen LogP contribution is 2.26. The van der Waals surface area contributed by atoms with Crippen LogP contribution in [0.5, 0.6) is 0 Å². The molecule has 7 heteroatoms. The molecule has 1 N–H and O–H groups in total. The Labute approximate surface area is 165 Å². The van der Waals surface area contributed by atoms with Crippen LogP contribution in [0.2, 0.25) is 0 Å². The fourth-order valence-corrected chi connectivity index (χ4v) is 3.25. The summed E-state index contributed by atoms with van der Waals surface area (Å²) in [5.74, 6) is -0.850. The lowest BCUT2D eigenvalue weighted by molar-refractivity contribution is -0.123. The lowest BCUT2D eigenvalue weighted by atomic mass is 9.97. The van der Waals surface area contributed by atoms with Crippen molar-refractivity contribution in [1.82, 2.24) is 0 Å². The zero-order valence-electron chi connectivity index (χ0n) is 16.4. The van der Waals surface area contributed by atoms with Crippen LogP contribution in [-0.2, 0) is 19.4 Å². The smallest absolute Gasteiger partial charge is 0.338 e. The van der Waals surface area contributed by atoms with Crippen LogP contribution in [0.3, 0.4) is 0 Å². The van der Waals surface area contributed by atoms with E-state index in [1.165, 1.54) is 31.2 Å². The van der Waals surface area contributed by atoms with E-state index >= 15 is 0 Å². The van der Waals surface area contributed by atoms with Gasteiger partial charge in [-0.05, 0) is 55.2 Å². The van der Waals surface area contributed by atoms with Gasteiger partial charge in [0.2, 0.25) is 0 Å². The van der Waals surface area contributed by atoms with E-state index in [9.17, 15) is 18.0 Å². The minimum atomic E-state index is -3.35. The van der Waals surface area contributed by atoms with Crippen LogP contribution in [0.15, 0.2) is 53.4 Å². The molecule has 0 bridgehead atoms. The molecule has 6 nitrogen and oxygen atoms in total. The lowest BCUT2D eigenvalue weighted by Crippen LogP contribution is -2.30. The van der Waals surface area contributed by atoms with E-state index in [0.29, 0.717) is 5.69 Å². The Hall–Kier alpha value is -2.67. The van der Waals surface area contributed by atoms with Crippen LogP contribution in [0.1, 0.15) is 49.0 Å². The number of carbonyl (C=O) groups excluding carboxylic acids is 2. The zero-order chi connectivity index (χ0) is 20.9. The highest BCUT2D eigenvalue weighted by atomic mass is 32.2. The first kappa shape index (κ1) is 21.6. The van der Waals surface area contributed by atoms with Gasteiger partial charge in [-0.25, -0.2) is 13.2 Å². The second-order valence-corrected chi connectivity index (χ2v) is 8.75. The third kappa shape index (κ3) is 5.42. The molecule has 28 heavy (non-hydrogen) atoms. The SMILES string of the molecule is CC[C@@H](C)c1ccccc1NC(=O)[C@H](C)OC(=O)c1ccc(S(C)(=O)=O)cc1. The van der Waals surface area contributed by atoms with Crippen molar-refractivity contribution in [1.29, 1.82) is 0 Å². The fourth-order valence-electron chi connectivity index (χ4n) is 2.62. The van der Waals surface area contributed by atoms with Gasteiger partial charge < -0.3 is 10.1 Å². The number of hydrogen-bond donors (Lipinski definition) is 1. The molecule has 0 spiro atoms. The Kier molecular flexibility index (Phi) is 6.96. The summed E-state index contributed by atoms with van der Waals surface area (Å²) in [5.41, 5.74) is 1.89. The van der Waals surface area contributed by atoms with Gasteiger partial charge in [-0.1, -0.05) is 32.0 Å². The average Bonchev–Trinajstić information content (AvgIpc) is 2.67. The number of hydrogen-bond acceptors (Lipinski definition) is 5. The summed E-state index contributed by atoms with van der Waals surface area (Å²) >= 11 is 0. The largest absolute Gasteiger partial charge is 0.449 e. The Morgan fingerprint density at radius 1 is 1.04 bits per heavy atom. The predicted molar refractivity (Wildman–Crippen MR) is 108 cm³/mol. The molecule has 0 aromatic heterocycles. The molecule has 2 atom stereocenters. The molecule has 2 aromatic rings. The van der Waals surface area contributed by atoms with Crippen LogP contribution < -0.4 is 5.32 Å². The van der Waals surface area contributed by atoms with Gasteiger partial charge in [0.25, 0.3) is 5.91 Å². The van der Waals surface area contributed by atoms with Crippen molar-refractivity contribution in [3.05, 3.63) is 59.7 Å². The summed E-state index contributed by atoms with van der Waals surface area (Å²) in [6.45, 7) is 5.64. The topological polar surface area (TPSA) is 89.5 Å². The number of carbonyl (C=O) groups is 2. The Morgan fingerprint density at radius 3 is 2.21 bits per heavy atom. The zero-order valence-corrected chi connectivity index (χ0v) is 17.2. The molecular weight excluding hydrogens is 378 g/mol.